The summed E-state index contributed by atoms with van der Waals surface area (Å²) in [4.78, 5) is 105. The molecule has 0 bridgehead atoms. The standard InChI is InChI=1S/C16H12O8.C10H8O6.C6H6O3.C4H2O3/c17-7-11-1-3-13(23-11)9-21-15(19)5-6-16(20)22-10-14-4-2-12(8-18)24-14;11-5-7-1-2-8(16-7)6-15-10(14)4-3-9(12)13;7-3-5-1-2-6(4-8)9-5;5-3-1-2-4(6)7-3/h1-8H,9-10H2;1-5H,6H2,(H,12,13);1-3,8H,4H2;1-2H/b6-5-;4-3-;;. The number of hydrogen-bond donors (Lipinski definition) is 2. The average molecular weight is 781 g/mol. The first-order valence-corrected chi connectivity index (χ1v) is 15.2. The maximum Gasteiger partial charge on any atom is 0.338 e. The number of carbonyl (C=O) groups is 10. The Hall–Kier alpha value is -8.00. The van der Waals surface area contributed by atoms with Gasteiger partial charge in [-0.15, -0.1) is 0 Å². The van der Waals surface area contributed by atoms with Gasteiger partial charge in [0.15, 0.2) is 48.2 Å². The zero-order chi connectivity index (χ0) is 41.3. The minimum absolute atomic E-state index is 0.121. The first-order chi connectivity index (χ1) is 26.9. The van der Waals surface area contributed by atoms with Crippen LogP contribution >= 0.6 is 0 Å². The van der Waals surface area contributed by atoms with Gasteiger partial charge in [0.25, 0.3) is 0 Å². The van der Waals surface area contributed by atoms with Gasteiger partial charge in [0.2, 0.25) is 0 Å². The van der Waals surface area contributed by atoms with Gasteiger partial charge >= 0.3 is 35.8 Å². The van der Waals surface area contributed by atoms with Crippen LogP contribution in [0.25, 0.3) is 0 Å². The zero-order valence-corrected chi connectivity index (χ0v) is 28.5. The van der Waals surface area contributed by atoms with E-state index in [2.05, 4.69) is 9.47 Å². The van der Waals surface area contributed by atoms with Crippen LogP contribution in [0.2, 0.25) is 0 Å². The van der Waals surface area contributed by atoms with Crippen molar-refractivity contribution in [3.05, 3.63) is 131 Å². The van der Waals surface area contributed by atoms with Gasteiger partial charge in [-0.05, 0) is 48.5 Å². The molecule has 0 atom stereocenters. The lowest BCUT2D eigenvalue weighted by Gasteiger charge is -1.99. The molecule has 1 aliphatic rings. The van der Waals surface area contributed by atoms with E-state index >= 15 is 0 Å². The number of hydrogen-bond acceptors (Lipinski definition) is 19. The van der Waals surface area contributed by atoms with Crippen LogP contribution in [0.5, 0.6) is 0 Å². The third-order valence-electron chi connectivity index (χ3n) is 5.69. The number of aliphatic hydroxyl groups is 1. The van der Waals surface area contributed by atoms with E-state index in [0.717, 1.165) is 30.4 Å². The molecule has 0 amide bonds. The van der Waals surface area contributed by atoms with Crippen LogP contribution in [-0.2, 0) is 74.1 Å². The SMILES string of the molecule is O=C1C=CC(=O)O1.O=Cc1ccc(CO)o1.O=Cc1ccc(COC(=O)/C=C\C(=O)O)o1.O=Cc1ccc(COC(=O)/C=C\C(=O)OCc2ccc(C=O)o2)o1. The maximum absolute atomic E-state index is 11.4. The topological polar surface area (TPSA) is 301 Å². The van der Waals surface area contributed by atoms with Gasteiger partial charge in [-0.1, -0.05) is 0 Å². The second-order valence-electron chi connectivity index (χ2n) is 9.75. The number of carbonyl (C=O) groups excluding carboxylic acids is 9. The molecule has 0 fully saturated rings. The molecule has 0 aromatic carbocycles. The Kier molecular flexibility index (Phi) is 19.1. The minimum Gasteiger partial charge on any atom is -0.478 e. The van der Waals surface area contributed by atoms with Crippen LogP contribution in [0.1, 0.15) is 65.3 Å². The Labute approximate surface area is 313 Å². The third-order valence-corrected chi connectivity index (χ3v) is 5.69. The van der Waals surface area contributed by atoms with Crippen molar-refractivity contribution >= 4 is 61.0 Å². The maximum atomic E-state index is 11.4. The molecule has 0 unspecified atom stereocenters. The van der Waals surface area contributed by atoms with Gasteiger partial charge in [0, 0.05) is 36.5 Å². The first kappa shape index (κ1) is 44.2. The third kappa shape index (κ3) is 18.0. The Morgan fingerprint density at radius 3 is 1.04 bits per heavy atom. The predicted molar refractivity (Wildman–Crippen MR) is 178 cm³/mol. The average Bonchev–Trinajstić information content (AvgIpc) is 4.06. The van der Waals surface area contributed by atoms with Gasteiger partial charge in [-0.3, -0.25) is 19.2 Å². The molecular formula is C36H28O20. The van der Waals surface area contributed by atoms with Crippen LogP contribution in [0.4, 0.5) is 0 Å². The fourth-order valence-electron chi connectivity index (χ4n) is 3.30. The number of aliphatic carboxylic acids is 1. The molecular weight excluding hydrogens is 752 g/mol. The number of aliphatic hydroxyl groups excluding tert-OH is 1. The fraction of sp³-hybridized carbons (Fsp3) is 0.111. The highest BCUT2D eigenvalue weighted by molar-refractivity contribution is 6.05. The number of ether oxygens (including phenoxy) is 4. The summed E-state index contributed by atoms with van der Waals surface area (Å²) >= 11 is 0. The van der Waals surface area contributed by atoms with Crippen molar-refractivity contribution in [2.75, 3.05) is 0 Å². The van der Waals surface area contributed by atoms with E-state index in [9.17, 15) is 47.9 Å². The lowest BCUT2D eigenvalue weighted by molar-refractivity contribution is -0.150. The Balaban J connectivity index is 0.000000288. The van der Waals surface area contributed by atoms with Crippen LogP contribution in [0.3, 0.4) is 0 Å². The highest BCUT2D eigenvalue weighted by atomic mass is 16.6. The van der Waals surface area contributed by atoms with Crippen molar-refractivity contribution in [2.45, 2.75) is 26.4 Å². The second kappa shape index (κ2) is 24.3. The van der Waals surface area contributed by atoms with Crippen molar-refractivity contribution in [3.63, 3.8) is 0 Å². The molecule has 292 valence electrons. The van der Waals surface area contributed by atoms with E-state index in [1.807, 2.05) is 0 Å². The summed E-state index contributed by atoms with van der Waals surface area (Å²) in [5, 5.41) is 16.7. The Bertz CT molecular complexity index is 2000. The van der Waals surface area contributed by atoms with Crippen LogP contribution in [0, 0.1) is 0 Å². The highest BCUT2D eigenvalue weighted by Crippen LogP contribution is 2.09. The molecule has 0 aliphatic carbocycles. The van der Waals surface area contributed by atoms with E-state index in [4.69, 9.17) is 37.4 Å². The van der Waals surface area contributed by atoms with E-state index < -0.39 is 35.8 Å². The van der Waals surface area contributed by atoms with E-state index in [1.54, 1.807) is 6.07 Å². The molecule has 0 spiro atoms. The second-order valence-corrected chi connectivity index (χ2v) is 9.75. The molecule has 0 saturated heterocycles. The molecule has 4 aromatic heterocycles. The van der Waals surface area contributed by atoms with Gasteiger partial charge in [-0.25, -0.2) is 28.8 Å². The van der Waals surface area contributed by atoms with Gasteiger partial charge in [-0.2, -0.15) is 0 Å². The van der Waals surface area contributed by atoms with Crippen LogP contribution < -0.4 is 0 Å². The van der Waals surface area contributed by atoms with Crippen molar-refractivity contribution in [1.29, 1.82) is 0 Å². The first-order valence-electron chi connectivity index (χ1n) is 15.2. The summed E-state index contributed by atoms with van der Waals surface area (Å²) in [5.74, 6) is -2.82. The van der Waals surface area contributed by atoms with E-state index in [1.165, 1.54) is 42.5 Å². The molecule has 20 heteroatoms. The summed E-state index contributed by atoms with van der Waals surface area (Å²) < 4.78 is 38.0. The lowest BCUT2D eigenvalue weighted by atomic mass is 10.4. The number of furan rings is 4. The molecule has 0 saturated carbocycles. The zero-order valence-electron chi connectivity index (χ0n) is 28.5. The fourth-order valence-corrected chi connectivity index (χ4v) is 3.30. The molecule has 2 N–H and O–H groups in total. The van der Waals surface area contributed by atoms with Gasteiger partial charge < -0.3 is 46.8 Å². The van der Waals surface area contributed by atoms with Crippen LogP contribution in [-0.4, -0.2) is 71.2 Å². The highest BCUT2D eigenvalue weighted by Gasteiger charge is 2.11. The Morgan fingerprint density at radius 2 is 0.804 bits per heavy atom. The summed E-state index contributed by atoms with van der Waals surface area (Å²) in [6.45, 7) is -0.662. The van der Waals surface area contributed by atoms with Gasteiger partial charge in [0.05, 0.1) is 0 Å². The quantitative estimate of drug-likeness (QED) is 0.0576. The monoisotopic (exact) mass is 780 g/mol. The molecule has 4 aromatic rings. The lowest BCUT2D eigenvalue weighted by Crippen LogP contribution is -2.04. The number of rotatable bonds is 15. The van der Waals surface area contributed by atoms with E-state index in [-0.39, 0.29) is 49.5 Å². The molecule has 0 radical (unpaired) electrons. The summed E-state index contributed by atoms with van der Waals surface area (Å²) in [5.41, 5.74) is 0. The van der Waals surface area contributed by atoms with Crippen molar-refractivity contribution in [3.8, 4) is 0 Å². The normalized spacial score (nSPS) is 11.2. The number of carboxylic acids is 1. The summed E-state index contributed by atoms with van der Waals surface area (Å²) in [6, 6.07) is 11.9. The number of esters is 5. The minimum atomic E-state index is -1.24. The summed E-state index contributed by atoms with van der Waals surface area (Å²) in [7, 11) is 0. The Morgan fingerprint density at radius 1 is 0.500 bits per heavy atom. The van der Waals surface area contributed by atoms with Crippen molar-refractivity contribution in [2.24, 2.45) is 0 Å². The number of aldehydes is 4. The molecule has 5 rings (SSSR count). The summed E-state index contributed by atoms with van der Waals surface area (Å²) in [6.07, 6.45) is 7.58. The number of carboxylic acid groups (broad SMARTS) is 1. The molecule has 1 aliphatic heterocycles. The van der Waals surface area contributed by atoms with E-state index in [0.29, 0.717) is 54.3 Å². The van der Waals surface area contributed by atoms with Crippen molar-refractivity contribution in [1.82, 2.24) is 0 Å². The largest absolute Gasteiger partial charge is 0.478 e. The van der Waals surface area contributed by atoms with Gasteiger partial charge in [0.1, 0.15) is 49.5 Å². The van der Waals surface area contributed by atoms with Crippen LogP contribution in [0.15, 0.2) is 103 Å². The molecule has 56 heavy (non-hydrogen) atoms. The number of cyclic esters (lactones) is 2. The smallest absolute Gasteiger partial charge is 0.338 e. The predicted octanol–water partition coefficient (Wildman–Crippen LogP) is 2.83. The molecule has 20 nitrogen and oxygen atoms in total. The van der Waals surface area contributed by atoms with Crippen molar-refractivity contribution < 1.29 is 94.8 Å². The molecule has 5 heterocycles.